The van der Waals surface area contributed by atoms with Crippen molar-refractivity contribution in [1.82, 2.24) is 9.88 Å². The van der Waals surface area contributed by atoms with Crippen LogP contribution in [0.1, 0.15) is 57.2 Å². The number of nitrogens with zero attached hydrogens (tertiary/aromatic N) is 3. The molecule has 0 saturated carbocycles. The molecule has 116 valence electrons. The van der Waals surface area contributed by atoms with Crippen LogP contribution in [-0.2, 0) is 4.79 Å². The molecule has 0 aromatic carbocycles. The lowest BCUT2D eigenvalue weighted by atomic mass is 9.74. The number of alkyl halides is 1. The van der Waals surface area contributed by atoms with E-state index in [1.807, 2.05) is 4.90 Å². The Morgan fingerprint density at radius 3 is 2.82 bits per heavy atom. The number of halogens is 1. The van der Waals surface area contributed by atoms with Gasteiger partial charge in [0.15, 0.2) is 0 Å². The Bertz CT molecular complexity index is 661. The van der Waals surface area contributed by atoms with Gasteiger partial charge < -0.3 is 4.90 Å². The quantitative estimate of drug-likeness (QED) is 0.843. The van der Waals surface area contributed by atoms with Gasteiger partial charge in [-0.05, 0) is 51.7 Å². The molecule has 1 aromatic rings. The first-order valence-corrected chi connectivity index (χ1v) is 7.64. The van der Waals surface area contributed by atoms with Gasteiger partial charge >= 0.3 is 0 Å². The van der Waals surface area contributed by atoms with Crippen LogP contribution in [0.25, 0.3) is 0 Å². The lowest BCUT2D eigenvalue weighted by Crippen LogP contribution is -2.45. The van der Waals surface area contributed by atoms with Crippen LogP contribution in [-0.4, -0.2) is 27.5 Å². The standard InChI is InChI=1S/C17H20FN3O/c1-16(2,18)17(3)7-13-4-5-14(21(13)15(17)22)12-6-11(8-19)9-20-10-12/h6,9-10,13-14H,4-5,7H2,1-3H3/t13-,14+,17-/m1/s1. The average molecular weight is 301 g/mol. The molecule has 2 saturated heterocycles. The second-order valence-electron chi connectivity index (χ2n) is 7.09. The van der Waals surface area contributed by atoms with Crippen LogP contribution >= 0.6 is 0 Å². The molecular weight excluding hydrogens is 281 g/mol. The Balaban J connectivity index is 1.95. The number of nitriles is 1. The smallest absolute Gasteiger partial charge is 0.232 e. The highest BCUT2D eigenvalue weighted by molar-refractivity contribution is 5.87. The molecule has 0 bridgehead atoms. The van der Waals surface area contributed by atoms with Gasteiger partial charge in [0.2, 0.25) is 5.91 Å². The highest BCUT2D eigenvalue weighted by Crippen LogP contribution is 2.53. The number of aromatic nitrogens is 1. The van der Waals surface area contributed by atoms with E-state index in [4.69, 9.17) is 5.26 Å². The molecule has 1 aromatic heterocycles. The third-order valence-electron chi connectivity index (χ3n) is 5.44. The van der Waals surface area contributed by atoms with Gasteiger partial charge in [0.25, 0.3) is 0 Å². The Morgan fingerprint density at radius 2 is 2.18 bits per heavy atom. The van der Waals surface area contributed by atoms with E-state index in [2.05, 4.69) is 11.1 Å². The zero-order chi connectivity index (χ0) is 16.1. The van der Waals surface area contributed by atoms with Gasteiger partial charge in [-0.1, -0.05) is 0 Å². The van der Waals surface area contributed by atoms with Crippen molar-refractivity contribution in [2.24, 2.45) is 5.41 Å². The van der Waals surface area contributed by atoms with Gasteiger partial charge in [-0.15, -0.1) is 0 Å². The normalized spacial score (nSPS) is 31.2. The molecule has 22 heavy (non-hydrogen) atoms. The van der Waals surface area contributed by atoms with Gasteiger partial charge in [-0.25, -0.2) is 4.39 Å². The van der Waals surface area contributed by atoms with Gasteiger partial charge in [0.1, 0.15) is 11.7 Å². The molecule has 4 nitrogen and oxygen atoms in total. The van der Waals surface area contributed by atoms with Crippen molar-refractivity contribution < 1.29 is 9.18 Å². The van der Waals surface area contributed by atoms with Crippen molar-refractivity contribution >= 4 is 5.91 Å². The van der Waals surface area contributed by atoms with E-state index in [1.165, 1.54) is 20.0 Å². The summed E-state index contributed by atoms with van der Waals surface area (Å²) in [6, 6.07) is 3.85. The number of fused-ring (bicyclic) bond motifs is 1. The van der Waals surface area contributed by atoms with E-state index in [0.29, 0.717) is 12.0 Å². The fraction of sp³-hybridized carbons (Fsp3) is 0.588. The molecule has 0 radical (unpaired) electrons. The van der Waals surface area contributed by atoms with Crippen molar-refractivity contribution in [2.75, 3.05) is 0 Å². The molecule has 3 rings (SSSR count). The average Bonchev–Trinajstić information content (AvgIpc) is 2.98. The predicted molar refractivity (Wildman–Crippen MR) is 79.5 cm³/mol. The number of carbonyl (C=O) groups excluding carboxylic acids is 1. The number of carbonyl (C=O) groups is 1. The van der Waals surface area contributed by atoms with Gasteiger partial charge in [0.05, 0.1) is 17.0 Å². The van der Waals surface area contributed by atoms with E-state index in [-0.39, 0.29) is 18.0 Å². The highest BCUT2D eigenvalue weighted by atomic mass is 19.1. The second-order valence-corrected chi connectivity index (χ2v) is 7.09. The first-order chi connectivity index (χ1) is 10.3. The lowest BCUT2D eigenvalue weighted by molar-refractivity contribution is -0.143. The molecule has 0 unspecified atom stereocenters. The molecule has 0 N–H and O–H groups in total. The summed E-state index contributed by atoms with van der Waals surface area (Å²) in [4.78, 5) is 18.8. The Morgan fingerprint density at radius 1 is 1.45 bits per heavy atom. The zero-order valence-corrected chi connectivity index (χ0v) is 13.1. The molecule has 2 aliphatic rings. The minimum absolute atomic E-state index is 0.0864. The molecule has 2 fully saturated rings. The van der Waals surface area contributed by atoms with Crippen molar-refractivity contribution in [1.29, 1.82) is 5.26 Å². The van der Waals surface area contributed by atoms with E-state index < -0.39 is 11.1 Å². The van der Waals surface area contributed by atoms with Crippen LogP contribution in [0.3, 0.4) is 0 Å². The Labute approximate surface area is 129 Å². The number of amides is 1. The SMILES string of the molecule is CC(C)(F)[C@]1(C)C[C@H]2CC[C@@H](c3cncc(C#N)c3)N2C1=O. The first-order valence-electron chi connectivity index (χ1n) is 7.64. The van der Waals surface area contributed by atoms with Gasteiger partial charge in [-0.2, -0.15) is 5.26 Å². The van der Waals surface area contributed by atoms with Crippen molar-refractivity contribution in [3.63, 3.8) is 0 Å². The molecular formula is C17H20FN3O. The predicted octanol–water partition coefficient (Wildman–Crippen LogP) is 3.14. The summed E-state index contributed by atoms with van der Waals surface area (Å²) >= 11 is 0. The molecule has 2 aliphatic heterocycles. The first kappa shape index (κ1) is 15.0. The summed E-state index contributed by atoms with van der Waals surface area (Å²) in [5.41, 5.74) is -1.17. The van der Waals surface area contributed by atoms with E-state index in [1.54, 1.807) is 19.2 Å². The summed E-state index contributed by atoms with van der Waals surface area (Å²) in [6.07, 6.45) is 5.49. The molecule has 3 heterocycles. The summed E-state index contributed by atoms with van der Waals surface area (Å²) in [5, 5.41) is 9.01. The highest BCUT2D eigenvalue weighted by Gasteiger charge is 2.60. The summed E-state index contributed by atoms with van der Waals surface area (Å²) < 4.78 is 14.6. The number of hydrogen-bond donors (Lipinski definition) is 0. The zero-order valence-electron chi connectivity index (χ0n) is 13.1. The van der Waals surface area contributed by atoms with Crippen LogP contribution in [0.5, 0.6) is 0 Å². The van der Waals surface area contributed by atoms with E-state index in [0.717, 1.165) is 18.4 Å². The third-order valence-corrected chi connectivity index (χ3v) is 5.44. The summed E-state index contributed by atoms with van der Waals surface area (Å²) in [6.45, 7) is 4.70. The Hall–Kier alpha value is -1.96. The van der Waals surface area contributed by atoms with E-state index >= 15 is 0 Å². The molecule has 0 spiro atoms. The summed E-state index contributed by atoms with van der Waals surface area (Å²) in [7, 11) is 0. The third kappa shape index (κ3) is 2.01. The van der Waals surface area contributed by atoms with Crippen LogP contribution in [0, 0.1) is 16.7 Å². The maximum absolute atomic E-state index is 14.6. The van der Waals surface area contributed by atoms with E-state index in [9.17, 15) is 9.18 Å². The largest absolute Gasteiger partial charge is 0.332 e. The summed E-state index contributed by atoms with van der Waals surface area (Å²) in [5.74, 6) is -0.116. The fourth-order valence-electron chi connectivity index (χ4n) is 3.76. The van der Waals surface area contributed by atoms with Crippen molar-refractivity contribution in [3.8, 4) is 6.07 Å². The van der Waals surface area contributed by atoms with Crippen LogP contribution in [0.2, 0.25) is 0 Å². The number of hydrogen-bond acceptors (Lipinski definition) is 3. The second kappa shape index (κ2) is 4.77. The molecule has 0 aliphatic carbocycles. The maximum Gasteiger partial charge on any atom is 0.232 e. The van der Waals surface area contributed by atoms with Crippen molar-refractivity contribution in [2.45, 2.75) is 57.8 Å². The fourth-order valence-corrected chi connectivity index (χ4v) is 3.76. The van der Waals surface area contributed by atoms with Crippen LogP contribution in [0.15, 0.2) is 18.5 Å². The number of pyridine rings is 1. The topological polar surface area (TPSA) is 57.0 Å². The van der Waals surface area contributed by atoms with Crippen molar-refractivity contribution in [3.05, 3.63) is 29.6 Å². The molecule has 3 atom stereocenters. The van der Waals surface area contributed by atoms with Crippen LogP contribution < -0.4 is 0 Å². The van der Waals surface area contributed by atoms with Crippen LogP contribution in [0.4, 0.5) is 4.39 Å². The monoisotopic (exact) mass is 301 g/mol. The molecule has 1 amide bonds. The lowest BCUT2D eigenvalue weighted by Gasteiger charge is -2.34. The maximum atomic E-state index is 14.6. The van der Waals surface area contributed by atoms with Gasteiger partial charge in [0, 0.05) is 18.4 Å². The molecule has 5 heteroatoms. The number of rotatable bonds is 2. The van der Waals surface area contributed by atoms with Gasteiger partial charge in [-0.3, -0.25) is 9.78 Å². The minimum atomic E-state index is -1.55. The Kier molecular flexibility index (Phi) is 3.24. The minimum Gasteiger partial charge on any atom is -0.332 e.